The number of guanidine groups is 1. The normalized spacial score (nSPS) is 19.1. The summed E-state index contributed by atoms with van der Waals surface area (Å²) in [5.41, 5.74) is 1.04. The van der Waals surface area contributed by atoms with Crippen LogP contribution in [0.1, 0.15) is 5.69 Å². The highest BCUT2D eigenvalue weighted by molar-refractivity contribution is 5.81. The summed E-state index contributed by atoms with van der Waals surface area (Å²) in [6.45, 7) is 5.97. The van der Waals surface area contributed by atoms with Gasteiger partial charge in [-0.05, 0) is 12.1 Å². The van der Waals surface area contributed by atoms with Crippen molar-refractivity contribution in [1.82, 2.24) is 15.2 Å². The maximum absolute atomic E-state index is 5.38. The van der Waals surface area contributed by atoms with E-state index in [1.807, 2.05) is 6.07 Å². The third-order valence-corrected chi connectivity index (χ3v) is 3.61. The topological polar surface area (TPSA) is 53.0 Å². The van der Waals surface area contributed by atoms with Crippen molar-refractivity contribution < 1.29 is 4.74 Å². The number of ether oxygens (including phenoxy) is 1. The van der Waals surface area contributed by atoms with Crippen LogP contribution in [0, 0.1) is 0 Å². The van der Waals surface area contributed by atoms with Gasteiger partial charge in [-0.3, -0.25) is 4.99 Å². The second-order valence-corrected chi connectivity index (χ2v) is 5.07. The molecule has 0 atom stereocenters. The molecule has 0 spiro atoms. The average molecular weight is 275 g/mol. The highest BCUT2D eigenvalue weighted by Gasteiger charge is 2.14. The number of pyridine rings is 1. The summed E-state index contributed by atoms with van der Waals surface area (Å²) in [6, 6.07) is 6.18. The Bertz CT molecular complexity index is 484. The maximum Gasteiger partial charge on any atom is 0.194 e. The average Bonchev–Trinajstić information content (AvgIpc) is 2.92. The number of morpholine rings is 1. The molecule has 1 fully saturated rings. The van der Waals surface area contributed by atoms with E-state index < -0.39 is 0 Å². The van der Waals surface area contributed by atoms with Crippen molar-refractivity contribution in [2.45, 2.75) is 6.54 Å². The molecule has 1 saturated heterocycles. The minimum atomic E-state index is 0.710. The van der Waals surface area contributed by atoms with Crippen molar-refractivity contribution in [2.24, 2.45) is 4.99 Å². The largest absolute Gasteiger partial charge is 0.378 e. The van der Waals surface area contributed by atoms with Crippen LogP contribution >= 0.6 is 0 Å². The van der Waals surface area contributed by atoms with Gasteiger partial charge in [-0.15, -0.1) is 0 Å². The zero-order chi connectivity index (χ0) is 13.8. The third-order valence-electron chi connectivity index (χ3n) is 3.61. The lowest BCUT2D eigenvalue weighted by atomic mass is 10.3. The lowest BCUT2D eigenvalue weighted by Crippen LogP contribution is -2.37. The van der Waals surface area contributed by atoms with Gasteiger partial charge < -0.3 is 19.9 Å². The first-order valence-corrected chi connectivity index (χ1v) is 7.11. The summed E-state index contributed by atoms with van der Waals surface area (Å²) < 4.78 is 5.38. The van der Waals surface area contributed by atoms with E-state index in [-0.39, 0.29) is 0 Å². The van der Waals surface area contributed by atoms with Crippen LogP contribution in [0.3, 0.4) is 0 Å². The zero-order valence-corrected chi connectivity index (χ0v) is 11.9. The summed E-state index contributed by atoms with van der Waals surface area (Å²) in [6.07, 6.45) is 0. The summed E-state index contributed by atoms with van der Waals surface area (Å²) in [5, 5.41) is 3.35. The highest BCUT2D eigenvalue weighted by Crippen LogP contribution is 2.13. The number of rotatable bonds is 3. The predicted molar refractivity (Wildman–Crippen MR) is 79.0 cm³/mol. The van der Waals surface area contributed by atoms with Crippen molar-refractivity contribution in [2.75, 3.05) is 51.3 Å². The molecular weight excluding hydrogens is 254 g/mol. The number of hydrogen-bond donors (Lipinski definition) is 1. The second-order valence-electron chi connectivity index (χ2n) is 5.07. The fourth-order valence-electron chi connectivity index (χ4n) is 2.43. The Labute approximate surface area is 119 Å². The fraction of sp³-hybridized carbons (Fsp3) is 0.571. The minimum Gasteiger partial charge on any atom is -0.378 e. The van der Waals surface area contributed by atoms with Crippen LogP contribution in [-0.4, -0.2) is 62.3 Å². The van der Waals surface area contributed by atoms with Gasteiger partial charge in [0.1, 0.15) is 5.82 Å². The smallest absolute Gasteiger partial charge is 0.194 e. The van der Waals surface area contributed by atoms with E-state index in [0.717, 1.165) is 56.9 Å². The quantitative estimate of drug-likeness (QED) is 0.860. The molecule has 6 nitrogen and oxygen atoms in total. The lowest BCUT2D eigenvalue weighted by molar-refractivity contribution is 0.122. The number of anilines is 1. The number of nitrogens with one attached hydrogen (secondary N) is 1. The molecule has 1 aromatic rings. The van der Waals surface area contributed by atoms with E-state index in [0.29, 0.717) is 6.54 Å². The molecule has 1 N–H and O–H groups in total. The summed E-state index contributed by atoms with van der Waals surface area (Å²) in [5.74, 6) is 2.00. The SMILES string of the molecule is CN1CCN=C1NCc1cccc(N2CCOCC2)n1. The van der Waals surface area contributed by atoms with E-state index in [1.54, 1.807) is 0 Å². The molecule has 108 valence electrons. The molecule has 3 rings (SSSR count). The van der Waals surface area contributed by atoms with Gasteiger partial charge in [-0.2, -0.15) is 0 Å². The molecule has 20 heavy (non-hydrogen) atoms. The van der Waals surface area contributed by atoms with Gasteiger partial charge in [0.15, 0.2) is 5.96 Å². The van der Waals surface area contributed by atoms with Crippen molar-refractivity contribution in [3.05, 3.63) is 23.9 Å². The van der Waals surface area contributed by atoms with Crippen LogP contribution in [0.15, 0.2) is 23.2 Å². The van der Waals surface area contributed by atoms with Gasteiger partial charge in [0.25, 0.3) is 0 Å². The molecule has 3 heterocycles. The Balaban J connectivity index is 1.62. The molecule has 0 aliphatic carbocycles. The molecule has 1 aromatic heterocycles. The van der Waals surface area contributed by atoms with E-state index in [4.69, 9.17) is 9.72 Å². The van der Waals surface area contributed by atoms with Gasteiger partial charge in [-0.1, -0.05) is 6.07 Å². The van der Waals surface area contributed by atoms with Gasteiger partial charge >= 0.3 is 0 Å². The van der Waals surface area contributed by atoms with E-state index >= 15 is 0 Å². The molecule has 0 radical (unpaired) electrons. The second kappa shape index (κ2) is 6.09. The van der Waals surface area contributed by atoms with Crippen LogP contribution in [-0.2, 0) is 11.3 Å². The summed E-state index contributed by atoms with van der Waals surface area (Å²) in [7, 11) is 2.05. The standard InChI is InChI=1S/C14H21N5O/c1-18-6-5-15-14(18)16-11-12-3-2-4-13(17-12)19-7-9-20-10-8-19/h2-4H,5-11H2,1H3,(H,15,16). The molecule has 0 saturated carbocycles. The van der Waals surface area contributed by atoms with Crippen LogP contribution < -0.4 is 10.2 Å². The lowest BCUT2D eigenvalue weighted by Gasteiger charge is -2.28. The van der Waals surface area contributed by atoms with Crippen LogP contribution in [0.25, 0.3) is 0 Å². The number of aromatic nitrogens is 1. The third kappa shape index (κ3) is 3.01. The van der Waals surface area contributed by atoms with Crippen molar-refractivity contribution in [3.8, 4) is 0 Å². The molecule has 0 bridgehead atoms. The Hall–Kier alpha value is -1.82. The van der Waals surface area contributed by atoms with Crippen LogP contribution in [0.2, 0.25) is 0 Å². The van der Waals surface area contributed by atoms with E-state index in [1.165, 1.54) is 0 Å². The highest BCUT2D eigenvalue weighted by atomic mass is 16.5. The van der Waals surface area contributed by atoms with Gasteiger partial charge in [0.2, 0.25) is 0 Å². The summed E-state index contributed by atoms with van der Waals surface area (Å²) in [4.78, 5) is 13.5. The minimum absolute atomic E-state index is 0.710. The molecule has 2 aliphatic rings. The summed E-state index contributed by atoms with van der Waals surface area (Å²) >= 11 is 0. The number of hydrogen-bond acceptors (Lipinski definition) is 6. The van der Waals surface area contributed by atoms with Crippen LogP contribution in [0.5, 0.6) is 0 Å². The first-order valence-electron chi connectivity index (χ1n) is 7.11. The molecule has 0 aromatic carbocycles. The van der Waals surface area contributed by atoms with Crippen molar-refractivity contribution >= 4 is 11.8 Å². The Kier molecular flexibility index (Phi) is 4.01. The number of aliphatic imine (C=N–C) groups is 1. The first-order chi connectivity index (χ1) is 9.83. The van der Waals surface area contributed by atoms with Gasteiger partial charge in [0, 0.05) is 26.7 Å². The van der Waals surface area contributed by atoms with Gasteiger partial charge in [-0.25, -0.2) is 4.98 Å². The van der Waals surface area contributed by atoms with Gasteiger partial charge in [0.05, 0.1) is 32.0 Å². The molecule has 2 aliphatic heterocycles. The molecule has 6 heteroatoms. The fourth-order valence-corrected chi connectivity index (χ4v) is 2.43. The number of likely N-dealkylation sites (N-methyl/N-ethyl adjacent to an activating group) is 1. The Morgan fingerprint density at radius 2 is 2.10 bits per heavy atom. The van der Waals surface area contributed by atoms with E-state index in [9.17, 15) is 0 Å². The molecular formula is C14H21N5O. The molecule has 0 amide bonds. The van der Waals surface area contributed by atoms with E-state index in [2.05, 4.69) is 39.3 Å². The first kappa shape index (κ1) is 13.2. The molecule has 0 unspecified atom stereocenters. The maximum atomic E-state index is 5.38. The zero-order valence-electron chi connectivity index (χ0n) is 11.9. The van der Waals surface area contributed by atoms with Crippen LogP contribution in [0.4, 0.5) is 5.82 Å². The predicted octanol–water partition coefficient (Wildman–Crippen LogP) is 0.309. The Morgan fingerprint density at radius 3 is 2.85 bits per heavy atom. The van der Waals surface area contributed by atoms with Crippen molar-refractivity contribution in [3.63, 3.8) is 0 Å². The van der Waals surface area contributed by atoms with Crippen molar-refractivity contribution in [1.29, 1.82) is 0 Å². The number of nitrogens with zero attached hydrogens (tertiary/aromatic N) is 4. The Morgan fingerprint density at radius 1 is 1.25 bits per heavy atom. The monoisotopic (exact) mass is 275 g/mol.